The standard InChI is InChI=1S/C19H19FN2/c1-13-4-7-16(8-5-13)19-21-11-15(3)22(19)12-17-10-18(20)9-6-14(17)2/h4-11H,12H2,1-3H3. The predicted octanol–water partition coefficient (Wildman–Crippen LogP) is 4.66. The van der Waals surface area contributed by atoms with Crippen LogP contribution in [0.25, 0.3) is 11.4 Å². The van der Waals surface area contributed by atoms with E-state index in [0.29, 0.717) is 6.54 Å². The van der Waals surface area contributed by atoms with E-state index in [1.54, 1.807) is 6.07 Å². The summed E-state index contributed by atoms with van der Waals surface area (Å²) in [5, 5.41) is 0. The van der Waals surface area contributed by atoms with Gasteiger partial charge in [0.05, 0.1) is 0 Å². The van der Waals surface area contributed by atoms with Gasteiger partial charge in [-0.25, -0.2) is 9.37 Å². The molecule has 1 heterocycles. The van der Waals surface area contributed by atoms with Gasteiger partial charge in [0.25, 0.3) is 0 Å². The summed E-state index contributed by atoms with van der Waals surface area (Å²) in [6.45, 7) is 6.72. The number of aromatic nitrogens is 2. The highest BCUT2D eigenvalue weighted by molar-refractivity contribution is 5.57. The molecule has 1 aromatic heterocycles. The van der Waals surface area contributed by atoms with Gasteiger partial charge in [-0.05, 0) is 44.0 Å². The van der Waals surface area contributed by atoms with Crippen molar-refractivity contribution in [3.63, 3.8) is 0 Å². The second kappa shape index (κ2) is 5.76. The molecule has 0 fully saturated rings. The van der Waals surface area contributed by atoms with Crippen molar-refractivity contribution >= 4 is 0 Å². The maximum atomic E-state index is 13.5. The summed E-state index contributed by atoms with van der Waals surface area (Å²) in [6, 6.07) is 13.2. The van der Waals surface area contributed by atoms with E-state index in [0.717, 1.165) is 28.2 Å². The fraction of sp³-hybridized carbons (Fsp3) is 0.211. The summed E-state index contributed by atoms with van der Waals surface area (Å²) >= 11 is 0. The molecule has 3 heteroatoms. The lowest BCUT2D eigenvalue weighted by Gasteiger charge is -2.13. The molecule has 3 rings (SSSR count). The largest absolute Gasteiger partial charge is 0.324 e. The van der Waals surface area contributed by atoms with Gasteiger partial charge in [-0.2, -0.15) is 0 Å². The van der Waals surface area contributed by atoms with Crippen molar-refractivity contribution in [1.29, 1.82) is 0 Å². The van der Waals surface area contributed by atoms with E-state index in [1.807, 2.05) is 26.1 Å². The molecule has 0 unspecified atom stereocenters. The molecule has 0 aliphatic heterocycles. The van der Waals surface area contributed by atoms with Crippen LogP contribution in [-0.4, -0.2) is 9.55 Å². The van der Waals surface area contributed by atoms with Gasteiger partial charge < -0.3 is 4.57 Å². The van der Waals surface area contributed by atoms with Gasteiger partial charge in [0.15, 0.2) is 0 Å². The number of rotatable bonds is 3. The second-order valence-corrected chi connectivity index (χ2v) is 5.75. The van der Waals surface area contributed by atoms with Crippen molar-refractivity contribution in [3.05, 3.63) is 76.9 Å². The number of hydrogen-bond acceptors (Lipinski definition) is 1. The second-order valence-electron chi connectivity index (χ2n) is 5.75. The van der Waals surface area contributed by atoms with Gasteiger partial charge in [-0.3, -0.25) is 0 Å². The lowest BCUT2D eigenvalue weighted by molar-refractivity contribution is 0.622. The molecule has 3 aromatic rings. The van der Waals surface area contributed by atoms with Crippen LogP contribution in [0, 0.1) is 26.6 Å². The van der Waals surface area contributed by atoms with Gasteiger partial charge in [-0.1, -0.05) is 35.9 Å². The summed E-state index contributed by atoms with van der Waals surface area (Å²) in [6.07, 6.45) is 1.86. The zero-order chi connectivity index (χ0) is 15.7. The molecule has 112 valence electrons. The first-order chi connectivity index (χ1) is 10.5. The van der Waals surface area contributed by atoms with Gasteiger partial charge in [-0.15, -0.1) is 0 Å². The summed E-state index contributed by atoms with van der Waals surface area (Å²) in [7, 11) is 0. The third-order valence-corrected chi connectivity index (χ3v) is 4.00. The van der Waals surface area contributed by atoms with E-state index in [9.17, 15) is 4.39 Å². The topological polar surface area (TPSA) is 17.8 Å². The summed E-state index contributed by atoms with van der Waals surface area (Å²) in [5.74, 6) is 0.719. The summed E-state index contributed by atoms with van der Waals surface area (Å²) < 4.78 is 15.7. The Morgan fingerprint density at radius 2 is 1.73 bits per heavy atom. The number of halogens is 1. The molecule has 0 amide bonds. The Labute approximate surface area is 130 Å². The molecule has 0 atom stereocenters. The molecule has 0 bridgehead atoms. The van der Waals surface area contributed by atoms with Crippen LogP contribution in [0.5, 0.6) is 0 Å². The molecular formula is C19H19FN2. The molecule has 0 saturated carbocycles. The number of nitrogens with zero attached hydrogens (tertiary/aromatic N) is 2. The highest BCUT2D eigenvalue weighted by Crippen LogP contribution is 2.22. The van der Waals surface area contributed by atoms with Crippen molar-refractivity contribution in [2.24, 2.45) is 0 Å². The molecule has 0 radical (unpaired) electrons. The number of imidazole rings is 1. The maximum Gasteiger partial charge on any atom is 0.140 e. The van der Waals surface area contributed by atoms with Crippen LogP contribution in [-0.2, 0) is 6.54 Å². The van der Waals surface area contributed by atoms with E-state index in [4.69, 9.17) is 0 Å². The molecule has 0 aliphatic rings. The van der Waals surface area contributed by atoms with E-state index in [2.05, 4.69) is 40.7 Å². The minimum Gasteiger partial charge on any atom is -0.324 e. The molecule has 0 N–H and O–H groups in total. The highest BCUT2D eigenvalue weighted by Gasteiger charge is 2.11. The number of benzene rings is 2. The van der Waals surface area contributed by atoms with Gasteiger partial charge in [0.2, 0.25) is 0 Å². The number of hydrogen-bond donors (Lipinski definition) is 0. The molecule has 0 spiro atoms. The third kappa shape index (κ3) is 2.80. The monoisotopic (exact) mass is 294 g/mol. The summed E-state index contributed by atoms with van der Waals surface area (Å²) in [5.41, 5.74) is 5.44. The van der Waals surface area contributed by atoms with E-state index in [-0.39, 0.29) is 5.82 Å². The quantitative estimate of drug-likeness (QED) is 0.687. The van der Waals surface area contributed by atoms with E-state index in [1.165, 1.54) is 11.6 Å². The van der Waals surface area contributed by atoms with Crippen LogP contribution in [0.15, 0.2) is 48.7 Å². The van der Waals surface area contributed by atoms with Crippen LogP contribution in [0.4, 0.5) is 4.39 Å². The zero-order valence-corrected chi connectivity index (χ0v) is 13.1. The first-order valence-corrected chi connectivity index (χ1v) is 7.39. The van der Waals surface area contributed by atoms with Gasteiger partial charge in [0.1, 0.15) is 11.6 Å². The molecular weight excluding hydrogens is 275 g/mol. The molecule has 22 heavy (non-hydrogen) atoms. The van der Waals surface area contributed by atoms with Crippen LogP contribution < -0.4 is 0 Å². The van der Waals surface area contributed by atoms with Crippen LogP contribution >= 0.6 is 0 Å². The molecule has 0 saturated heterocycles. The van der Waals surface area contributed by atoms with Crippen LogP contribution in [0.2, 0.25) is 0 Å². The Bertz CT molecular complexity index is 801. The molecule has 2 aromatic carbocycles. The first kappa shape index (κ1) is 14.5. The average molecular weight is 294 g/mol. The van der Waals surface area contributed by atoms with Crippen LogP contribution in [0.1, 0.15) is 22.4 Å². The van der Waals surface area contributed by atoms with Crippen molar-refractivity contribution in [2.45, 2.75) is 27.3 Å². The Kier molecular flexibility index (Phi) is 3.80. The summed E-state index contributed by atoms with van der Waals surface area (Å²) in [4.78, 5) is 4.53. The van der Waals surface area contributed by atoms with Gasteiger partial charge in [0, 0.05) is 24.0 Å². The van der Waals surface area contributed by atoms with Gasteiger partial charge >= 0.3 is 0 Å². The maximum absolute atomic E-state index is 13.5. The van der Waals surface area contributed by atoms with E-state index >= 15 is 0 Å². The fourth-order valence-corrected chi connectivity index (χ4v) is 2.57. The first-order valence-electron chi connectivity index (χ1n) is 7.39. The third-order valence-electron chi connectivity index (χ3n) is 4.00. The van der Waals surface area contributed by atoms with Crippen molar-refractivity contribution in [2.75, 3.05) is 0 Å². The minimum absolute atomic E-state index is 0.199. The highest BCUT2D eigenvalue weighted by atomic mass is 19.1. The Balaban J connectivity index is 2.02. The SMILES string of the molecule is Cc1ccc(-c2ncc(C)n2Cc2cc(F)ccc2C)cc1. The lowest BCUT2D eigenvalue weighted by atomic mass is 10.1. The van der Waals surface area contributed by atoms with E-state index < -0.39 is 0 Å². The van der Waals surface area contributed by atoms with Crippen molar-refractivity contribution in [3.8, 4) is 11.4 Å². The molecule has 0 aliphatic carbocycles. The van der Waals surface area contributed by atoms with Crippen LogP contribution in [0.3, 0.4) is 0 Å². The Morgan fingerprint density at radius 1 is 1.00 bits per heavy atom. The fourth-order valence-electron chi connectivity index (χ4n) is 2.57. The van der Waals surface area contributed by atoms with Crippen molar-refractivity contribution in [1.82, 2.24) is 9.55 Å². The lowest BCUT2D eigenvalue weighted by Crippen LogP contribution is -2.06. The predicted molar refractivity (Wildman–Crippen MR) is 87.4 cm³/mol. The zero-order valence-electron chi connectivity index (χ0n) is 13.1. The smallest absolute Gasteiger partial charge is 0.140 e. The molecule has 2 nitrogen and oxygen atoms in total. The minimum atomic E-state index is -0.199. The Morgan fingerprint density at radius 3 is 2.45 bits per heavy atom. The van der Waals surface area contributed by atoms with Crippen molar-refractivity contribution < 1.29 is 4.39 Å². The average Bonchev–Trinajstić information content (AvgIpc) is 2.85. The normalized spacial score (nSPS) is 10.9. The number of aryl methyl sites for hydroxylation is 3. The Hall–Kier alpha value is -2.42.